The first-order valence-corrected chi connectivity index (χ1v) is 7.07. The molecule has 0 unspecified atom stereocenters. The van der Waals surface area contributed by atoms with Crippen molar-refractivity contribution in [1.82, 2.24) is 5.32 Å². The fourth-order valence-electron chi connectivity index (χ4n) is 2.56. The third kappa shape index (κ3) is 4.77. The number of fused-ring (bicyclic) bond motifs is 1. The van der Waals surface area contributed by atoms with Gasteiger partial charge in [-0.3, -0.25) is 4.79 Å². The van der Waals surface area contributed by atoms with Gasteiger partial charge in [0.15, 0.2) is 0 Å². The molecule has 1 aliphatic heterocycles. The molecule has 0 spiro atoms. The molecule has 0 saturated heterocycles. The summed E-state index contributed by atoms with van der Waals surface area (Å²) in [4.78, 5) is 16.6. The molecule has 1 N–H and O–H groups in total. The molecule has 0 bridgehead atoms. The summed E-state index contributed by atoms with van der Waals surface area (Å²) < 4.78 is 0. The van der Waals surface area contributed by atoms with Gasteiger partial charge < -0.3 is 15.1 Å². The molecule has 0 aromatic heterocycles. The van der Waals surface area contributed by atoms with Crippen molar-refractivity contribution in [2.45, 2.75) is 19.8 Å². The number of benzene rings is 1. The molecule has 1 aromatic rings. The Hall–Kier alpha value is -0.970. The molecule has 0 atom stereocenters. The topological polar surface area (TPSA) is 35.6 Å². The van der Waals surface area contributed by atoms with Crippen LogP contribution < -0.4 is 15.1 Å². The van der Waals surface area contributed by atoms with Crippen LogP contribution in [0.5, 0.6) is 0 Å². The van der Waals surface area contributed by atoms with Gasteiger partial charge >= 0.3 is 0 Å². The van der Waals surface area contributed by atoms with Crippen LogP contribution in [0.15, 0.2) is 24.3 Å². The van der Waals surface area contributed by atoms with Gasteiger partial charge in [0.1, 0.15) is 0 Å². The highest BCUT2D eigenvalue weighted by atomic mass is 35.5. The molecular formula is C15H25Cl2N3O. The Kier molecular flexibility index (Phi) is 9.42. The van der Waals surface area contributed by atoms with Gasteiger partial charge in [-0.05, 0) is 39.1 Å². The maximum absolute atomic E-state index is 12.3. The molecule has 2 rings (SSSR count). The molecule has 1 aliphatic rings. The van der Waals surface area contributed by atoms with Gasteiger partial charge in [-0.1, -0.05) is 12.1 Å². The average Bonchev–Trinajstić information content (AvgIpc) is 2.46. The monoisotopic (exact) mass is 333 g/mol. The first kappa shape index (κ1) is 20.0. The highest BCUT2D eigenvalue weighted by Gasteiger charge is 2.25. The molecule has 0 saturated carbocycles. The lowest BCUT2D eigenvalue weighted by Crippen LogP contribution is -2.44. The smallest absolute Gasteiger partial charge is 0.227 e. The maximum Gasteiger partial charge on any atom is 0.227 e. The Morgan fingerprint density at radius 3 is 2.48 bits per heavy atom. The fourth-order valence-corrected chi connectivity index (χ4v) is 2.56. The van der Waals surface area contributed by atoms with E-state index < -0.39 is 0 Å². The third-order valence-electron chi connectivity index (χ3n) is 3.61. The minimum absolute atomic E-state index is 0. The van der Waals surface area contributed by atoms with Crippen LogP contribution >= 0.6 is 24.8 Å². The van der Waals surface area contributed by atoms with Crippen molar-refractivity contribution in [3.8, 4) is 0 Å². The Balaban J connectivity index is 0.00000200. The number of amides is 1. The van der Waals surface area contributed by atoms with E-state index in [0.29, 0.717) is 6.42 Å². The summed E-state index contributed by atoms with van der Waals surface area (Å²) in [6, 6.07) is 8.20. The van der Waals surface area contributed by atoms with E-state index in [-0.39, 0.29) is 30.7 Å². The summed E-state index contributed by atoms with van der Waals surface area (Å²) in [7, 11) is 1.92. The van der Waals surface area contributed by atoms with Gasteiger partial charge in [0, 0.05) is 26.1 Å². The first-order chi connectivity index (χ1) is 9.27. The minimum atomic E-state index is 0. The lowest BCUT2D eigenvalue weighted by atomic mass is 10.1. The van der Waals surface area contributed by atoms with E-state index in [1.807, 2.05) is 30.1 Å². The molecule has 1 amide bonds. The van der Waals surface area contributed by atoms with Crippen LogP contribution in [0, 0.1) is 0 Å². The normalized spacial score (nSPS) is 13.0. The number of para-hydroxylation sites is 2. The summed E-state index contributed by atoms with van der Waals surface area (Å²) in [5.74, 6) is 0.235. The number of rotatable bonds is 5. The summed E-state index contributed by atoms with van der Waals surface area (Å²) in [5.41, 5.74) is 2.24. The molecule has 0 fully saturated rings. The minimum Gasteiger partial charge on any atom is -0.368 e. The number of nitrogens with zero attached hydrogens (tertiary/aromatic N) is 2. The lowest BCUT2D eigenvalue weighted by molar-refractivity contribution is -0.118. The number of carbonyl (C=O) groups is 1. The van der Waals surface area contributed by atoms with Crippen LogP contribution in [0.1, 0.15) is 19.8 Å². The van der Waals surface area contributed by atoms with Crippen LogP contribution in [-0.2, 0) is 4.79 Å². The van der Waals surface area contributed by atoms with Crippen LogP contribution in [0.3, 0.4) is 0 Å². The zero-order valence-electron chi connectivity index (χ0n) is 12.7. The molecule has 6 heteroatoms. The molecule has 1 aromatic carbocycles. The second-order valence-corrected chi connectivity index (χ2v) is 4.82. The largest absolute Gasteiger partial charge is 0.368 e. The zero-order valence-corrected chi connectivity index (χ0v) is 14.3. The summed E-state index contributed by atoms with van der Waals surface area (Å²) >= 11 is 0. The van der Waals surface area contributed by atoms with Crippen molar-refractivity contribution in [2.24, 2.45) is 0 Å². The summed E-state index contributed by atoms with van der Waals surface area (Å²) in [6.07, 6.45) is 1.51. The average molecular weight is 334 g/mol. The van der Waals surface area contributed by atoms with E-state index in [9.17, 15) is 4.79 Å². The Bertz CT molecular complexity index is 443. The molecule has 120 valence electrons. The van der Waals surface area contributed by atoms with Crippen molar-refractivity contribution in [1.29, 1.82) is 0 Å². The molecule has 21 heavy (non-hydrogen) atoms. The quantitative estimate of drug-likeness (QED) is 0.841. The standard InChI is InChI=1S/C15H23N3O.2ClH/c1-3-17-11-12-18(15(19)9-6-10-16-2)14-8-5-4-7-13(14)17;;/h4-5,7-8,16H,3,6,9-12H2,1-2H3;2*1H. The van der Waals surface area contributed by atoms with Gasteiger partial charge in [-0.2, -0.15) is 0 Å². The molecular weight excluding hydrogens is 309 g/mol. The van der Waals surface area contributed by atoms with E-state index in [4.69, 9.17) is 0 Å². The number of hydrogen-bond acceptors (Lipinski definition) is 3. The fraction of sp³-hybridized carbons (Fsp3) is 0.533. The van der Waals surface area contributed by atoms with Crippen molar-refractivity contribution in [3.63, 3.8) is 0 Å². The predicted molar refractivity (Wildman–Crippen MR) is 94.3 cm³/mol. The van der Waals surface area contributed by atoms with E-state index in [1.165, 1.54) is 5.69 Å². The van der Waals surface area contributed by atoms with Gasteiger partial charge in [0.2, 0.25) is 5.91 Å². The van der Waals surface area contributed by atoms with E-state index in [1.54, 1.807) is 0 Å². The van der Waals surface area contributed by atoms with Crippen LogP contribution in [0.4, 0.5) is 11.4 Å². The van der Waals surface area contributed by atoms with Crippen LogP contribution in [0.25, 0.3) is 0 Å². The predicted octanol–water partition coefficient (Wildman–Crippen LogP) is 2.70. The second-order valence-electron chi connectivity index (χ2n) is 4.82. The number of nitrogens with one attached hydrogen (secondary N) is 1. The van der Waals surface area contributed by atoms with Crippen molar-refractivity contribution in [2.75, 3.05) is 43.0 Å². The van der Waals surface area contributed by atoms with Crippen molar-refractivity contribution >= 4 is 42.1 Å². The number of hydrogen-bond donors (Lipinski definition) is 1. The van der Waals surface area contributed by atoms with Gasteiger partial charge in [-0.25, -0.2) is 0 Å². The number of anilines is 2. The van der Waals surface area contributed by atoms with E-state index in [2.05, 4.69) is 23.2 Å². The molecule has 0 radical (unpaired) electrons. The molecule has 0 aliphatic carbocycles. The Morgan fingerprint density at radius 2 is 1.86 bits per heavy atom. The van der Waals surface area contributed by atoms with Gasteiger partial charge in [-0.15, -0.1) is 24.8 Å². The number of likely N-dealkylation sites (N-methyl/N-ethyl adjacent to an activating group) is 1. The third-order valence-corrected chi connectivity index (χ3v) is 3.61. The SMILES string of the molecule is CCN1CCN(C(=O)CCCNC)c2ccccc21.Cl.Cl. The Labute approximate surface area is 139 Å². The maximum atomic E-state index is 12.3. The Morgan fingerprint density at radius 1 is 1.19 bits per heavy atom. The highest BCUT2D eigenvalue weighted by molar-refractivity contribution is 5.97. The first-order valence-electron chi connectivity index (χ1n) is 7.07. The van der Waals surface area contributed by atoms with Crippen LogP contribution in [-0.4, -0.2) is 39.1 Å². The van der Waals surface area contributed by atoms with Crippen molar-refractivity contribution in [3.05, 3.63) is 24.3 Å². The van der Waals surface area contributed by atoms with E-state index >= 15 is 0 Å². The summed E-state index contributed by atoms with van der Waals surface area (Å²) in [5, 5.41) is 3.08. The zero-order chi connectivity index (χ0) is 13.7. The van der Waals surface area contributed by atoms with Gasteiger partial charge in [0.05, 0.1) is 11.4 Å². The highest BCUT2D eigenvalue weighted by Crippen LogP contribution is 2.32. The van der Waals surface area contributed by atoms with Gasteiger partial charge in [0.25, 0.3) is 0 Å². The molecule has 1 heterocycles. The van der Waals surface area contributed by atoms with E-state index in [0.717, 1.165) is 38.3 Å². The number of halogens is 2. The summed E-state index contributed by atoms with van der Waals surface area (Å²) in [6.45, 7) is 5.75. The second kappa shape index (κ2) is 9.87. The molecule has 4 nitrogen and oxygen atoms in total. The van der Waals surface area contributed by atoms with Crippen LogP contribution in [0.2, 0.25) is 0 Å². The number of carbonyl (C=O) groups excluding carboxylic acids is 1. The van der Waals surface area contributed by atoms with Crippen molar-refractivity contribution < 1.29 is 4.79 Å². The lowest BCUT2D eigenvalue weighted by Gasteiger charge is -2.37.